The number of rotatable bonds is 5. The van der Waals surface area contributed by atoms with Crippen LogP contribution >= 0.6 is 0 Å². The van der Waals surface area contributed by atoms with E-state index in [1.165, 1.54) is 4.90 Å². The second-order valence-electron chi connectivity index (χ2n) is 7.70. The Morgan fingerprint density at radius 2 is 1.90 bits per heavy atom. The Hall–Kier alpha value is -3.28. The zero-order chi connectivity index (χ0) is 20.5. The summed E-state index contributed by atoms with van der Waals surface area (Å²) in [5.74, 6) is -0.971. The number of hydrogen-bond acceptors (Lipinski definition) is 3. The third-order valence-electron chi connectivity index (χ3n) is 5.44. The van der Waals surface area contributed by atoms with Crippen LogP contribution in [0, 0.1) is 5.92 Å². The van der Waals surface area contributed by atoms with Gasteiger partial charge >= 0.3 is 5.97 Å². The Balaban J connectivity index is 1.71. The summed E-state index contributed by atoms with van der Waals surface area (Å²) in [6, 6.07) is 13.9. The van der Waals surface area contributed by atoms with E-state index < -0.39 is 18.1 Å². The molecule has 2 aromatic carbocycles. The van der Waals surface area contributed by atoms with Gasteiger partial charge in [-0.3, -0.25) is 4.79 Å². The maximum Gasteiger partial charge on any atom is 0.331 e. The van der Waals surface area contributed by atoms with Gasteiger partial charge in [-0.05, 0) is 30.0 Å². The maximum atomic E-state index is 13.3. The number of para-hydroxylation sites is 2. The molecule has 4 rings (SSSR count). The maximum absolute atomic E-state index is 13.3. The normalized spacial score (nSPS) is 19.1. The number of amides is 1. The van der Waals surface area contributed by atoms with Crippen molar-refractivity contribution in [2.75, 3.05) is 6.54 Å². The van der Waals surface area contributed by atoms with E-state index in [2.05, 4.69) is 4.98 Å². The molecule has 6 heteroatoms. The molecule has 1 aliphatic rings. The predicted octanol–water partition coefficient (Wildman–Crippen LogP) is 3.78. The minimum absolute atomic E-state index is 0.0845. The summed E-state index contributed by atoms with van der Waals surface area (Å²) >= 11 is 0. The van der Waals surface area contributed by atoms with E-state index in [1.54, 1.807) is 24.3 Å². The number of benzene rings is 2. The molecule has 0 bridgehead atoms. The molecule has 2 heterocycles. The number of H-pyrrole nitrogens is 1. The fourth-order valence-corrected chi connectivity index (χ4v) is 3.97. The second-order valence-corrected chi connectivity index (χ2v) is 7.70. The van der Waals surface area contributed by atoms with Crippen LogP contribution in [0.1, 0.15) is 31.0 Å². The summed E-state index contributed by atoms with van der Waals surface area (Å²) in [6.07, 6.45) is 1.75. The molecular formula is C23H24N2O4. The molecule has 6 nitrogen and oxygen atoms in total. The van der Waals surface area contributed by atoms with Gasteiger partial charge in [0.15, 0.2) is 12.1 Å². The van der Waals surface area contributed by atoms with Gasteiger partial charge in [-0.1, -0.05) is 50.2 Å². The Morgan fingerprint density at radius 1 is 1.17 bits per heavy atom. The van der Waals surface area contributed by atoms with Crippen LogP contribution < -0.4 is 4.74 Å². The summed E-state index contributed by atoms with van der Waals surface area (Å²) in [6.45, 7) is 4.10. The van der Waals surface area contributed by atoms with Gasteiger partial charge in [-0.15, -0.1) is 0 Å². The standard InChI is InChI=1S/C23H24N2O4/c1-14(2)21-22(26)25(12-11-15-13-24-18-9-5-3-7-16(15)18)20(23(27)28)17-8-4-6-10-19(17)29-21/h3-10,13-14,20-21,24H,11-12H2,1-2H3,(H,27,28). The van der Waals surface area contributed by atoms with Crippen molar-refractivity contribution in [3.05, 3.63) is 65.9 Å². The molecule has 2 atom stereocenters. The average Bonchev–Trinajstić information content (AvgIpc) is 3.06. The predicted molar refractivity (Wildman–Crippen MR) is 110 cm³/mol. The molecule has 29 heavy (non-hydrogen) atoms. The molecule has 0 saturated carbocycles. The highest BCUT2D eigenvalue weighted by Gasteiger charge is 2.41. The van der Waals surface area contributed by atoms with Crippen LogP contribution in [0.25, 0.3) is 10.9 Å². The van der Waals surface area contributed by atoms with Crippen molar-refractivity contribution in [1.82, 2.24) is 9.88 Å². The van der Waals surface area contributed by atoms with Gasteiger partial charge in [0.2, 0.25) is 0 Å². The lowest BCUT2D eigenvalue weighted by molar-refractivity contribution is -0.153. The van der Waals surface area contributed by atoms with Crippen molar-refractivity contribution in [3.8, 4) is 5.75 Å². The fraction of sp³-hybridized carbons (Fsp3) is 0.304. The van der Waals surface area contributed by atoms with E-state index in [-0.39, 0.29) is 11.8 Å². The van der Waals surface area contributed by atoms with E-state index >= 15 is 0 Å². The molecule has 1 amide bonds. The summed E-state index contributed by atoms with van der Waals surface area (Å²) in [7, 11) is 0. The third kappa shape index (κ3) is 3.46. The van der Waals surface area contributed by atoms with Crippen molar-refractivity contribution in [3.63, 3.8) is 0 Å². The van der Waals surface area contributed by atoms with E-state index in [9.17, 15) is 14.7 Å². The molecule has 3 aromatic rings. The number of aromatic nitrogens is 1. The number of carboxylic acid groups (broad SMARTS) is 1. The molecule has 0 aliphatic carbocycles. The van der Waals surface area contributed by atoms with Crippen molar-refractivity contribution in [2.45, 2.75) is 32.4 Å². The van der Waals surface area contributed by atoms with Crippen molar-refractivity contribution < 1.29 is 19.4 Å². The number of ether oxygens (including phenoxy) is 1. The molecule has 0 fully saturated rings. The molecule has 150 valence electrons. The molecule has 2 unspecified atom stereocenters. The van der Waals surface area contributed by atoms with Crippen LogP contribution in [-0.4, -0.2) is 39.5 Å². The largest absolute Gasteiger partial charge is 0.480 e. The number of carboxylic acids is 1. The van der Waals surface area contributed by atoms with Crippen LogP contribution in [0.3, 0.4) is 0 Å². The van der Waals surface area contributed by atoms with Crippen molar-refractivity contribution >= 4 is 22.8 Å². The molecule has 2 N–H and O–H groups in total. The van der Waals surface area contributed by atoms with E-state index in [1.807, 2.05) is 44.3 Å². The van der Waals surface area contributed by atoms with Crippen LogP contribution in [0.2, 0.25) is 0 Å². The first-order valence-corrected chi connectivity index (χ1v) is 9.81. The summed E-state index contributed by atoms with van der Waals surface area (Å²) < 4.78 is 5.99. The highest BCUT2D eigenvalue weighted by molar-refractivity contribution is 5.89. The summed E-state index contributed by atoms with van der Waals surface area (Å²) in [4.78, 5) is 30.2. The van der Waals surface area contributed by atoms with Gasteiger partial charge in [0, 0.05) is 29.2 Å². The summed E-state index contributed by atoms with van der Waals surface area (Å²) in [5.41, 5.74) is 2.58. The molecule has 1 aliphatic heterocycles. The first kappa shape index (κ1) is 19.1. The Bertz CT molecular complexity index is 1060. The number of nitrogens with one attached hydrogen (secondary N) is 1. The van der Waals surface area contributed by atoms with E-state index in [0.717, 1.165) is 16.5 Å². The molecule has 0 spiro atoms. The molecule has 1 aromatic heterocycles. The summed E-state index contributed by atoms with van der Waals surface area (Å²) in [5, 5.41) is 11.1. The number of carbonyl (C=O) groups is 2. The third-order valence-corrected chi connectivity index (χ3v) is 5.44. The average molecular weight is 392 g/mol. The fourth-order valence-electron chi connectivity index (χ4n) is 3.97. The highest BCUT2D eigenvalue weighted by atomic mass is 16.5. The minimum Gasteiger partial charge on any atom is -0.480 e. The zero-order valence-electron chi connectivity index (χ0n) is 16.5. The lowest BCUT2D eigenvalue weighted by Crippen LogP contribution is -2.46. The lowest BCUT2D eigenvalue weighted by atomic mass is 10.0. The SMILES string of the molecule is CC(C)C1Oc2ccccc2C(C(=O)O)N(CCc2c[nH]c3ccccc23)C1=O. The monoisotopic (exact) mass is 392 g/mol. The highest BCUT2D eigenvalue weighted by Crippen LogP contribution is 2.36. The number of hydrogen-bond donors (Lipinski definition) is 2. The smallest absolute Gasteiger partial charge is 0.331 e. The molecule has 0 saturated heterocycles. The first-order valence-electron chi connectivity index (χ1n) is 9.81. The Labute approximate surface area is 169 Å². The second kappa shape index (κ2) is 7.62. The number of carbonyl (C=O) groups excluding carboxylic acids is 1. The van der Waals surface area contributed by atoms with Gasteiger partial charge in [-0.25, -0.2) is 4.79 Å². The van der Waals surface area contributed by atoms with Gasteiger partial charge in [0.1, 0.15) is 5.75 Å². The van der Waals surface area contributed by atoms with Gasteiger partial charge in [0.25, 0.3) is 5.91 Å². The van der Waals surface area contributed by atoms with Crippen molar-refractivity contribution in [2.24, 2.45) is 5.92 Å². The van der Waals surface area contributed by atoms with E-state index in [0.29, 0.717) is 24.3 Å². The van der Waals surface area contributed by atoms with Crippen molar-refractivity contribution in [1.29, 1.82) is 0 Å². The number of fused-ring (bicyclic) bond motifs is 2. The van der Waals surface area contributed by atoms with Crippen LogP contribution in [0.5, 0.6) is 5.75 Å². The molecular weight excluding hydrogens is 368 g/mol. The van der Waals surface area contributed by atoms with Gasteiger partial charge in [-0.2, -0.15) is 0 Å². The van der Waals surface area contributed by atoms with E-state index in [4.69, 9.17) is 4.74 Å². The zero-order valence-corrected chi connectivity index (χ0v) is 16.5. The number of aliphatic carboxylic acids is 1. The topological polar surface area (TPSA) is 82.6 Å². The van der Waals surface area contributed by atoms with Gasteiger partial charge in [0.05, 0.1) is 0 Å². The van der Waals surface area contributed by atoms with Gasteiger partial charge < -0.3 is 19.7 Å². The Kier molecular flexibility index (Phi) is 5.01. The number of aromatic amines is 1. The first-order chi connectivity index (χ1) is 14.0. The van der Waals surface area contributed by atoms with Crippen LogP contribution in [0.15, 0.2) is 54.7 Å². The lowest BCUT2D eigenvalue weighted by Gasteiger charge is -2.29. The number of nitrogens with zero attached hydrogens (tertiary/aromatic N) is 1. The molecule has 0 radical (unpaired) electrons. The quantitative estimate of drug-likeness (QED) is 0.692. The van der Waals surface area contributed by atoms with Crippen LogP contribution in [0.4, 0.5) is 0 Å². The minimum atomic E-state index is -1.08. The Morgan fingerprint density at radius 3 is 2.66 bits per heavy atom. The van der Waals surface area contributed by atoms with Crippen LogP contribution in [-0.2, 0) is 16.0 Å².